The summed E-state index contributed by atoms with van der Waals surface area (Å²) in [5.41, 5.74) is 2.82. The van der Waals surface area contributed by atoms with Gasteiger partial charge in [-0.05, 0) is 59.0 Å². The predicted octanol–water partition coefficient (Wildman–Crippen LogP) is 4.50. The van der Waals surface area contributed by atoms with Crippen molar-refractivity contribution in [2.45, 2.75) is 31.3 Å². The minimum Gasteiger partial charge on any atom is -0.480 e. The van der Waals surface area contributed by atoms with Crippen molar-refractivity contribution in [2.75, 3.05) is 4.72 Å². The third-order valence-electron chi connectivity index (χ3n) is 5.81. The second kappa shape index (κ2) is 9.10. The number of carbonyl (C=O) groups excluding carboxylic acids is 1. The van der Waals surface area contributed by atoms with Gasteiger partial charge in [-0.25, -0.2) is 22.0 Å². The quantitative estimate of drug-likeness (QED) is 0.497. The Balaban J connectivity index is 1.55. The number of carbonyl (C=O) groups is 2. The van der Waals surface area contributed by atoms with Crippen LogP contribution >= 0.6 is 0 Å². The van der Waals surface area contributed by atoms with E-state index in [0.717, 1.165) is 23.3 Å². The van der Waals surface area contributed by atoms with Crippen LogP contribution in [0.5, 0.6) is 0 Å². The highest BCUT2D eigenvalue weighted by atomic mass is 32.2. The van der Waals surface area contributed by atoms with Crippen LogP contribution in [0.1, 0.15) is 29.8 Å². The molecule has 0 radical (unpaired) electrons. The normalized spacial score (nSPS) is 14.2. The molecule has 0 bridgehead atoms. The number of hydrogen-bond acceptors (Lipinski definition) is 4. The first-order chi connectivity index (χ1) is 16.5. The third-order valence-corrected chi connectivity index (χ3v) is 7.23. The van der Waals surface area contributed by atoms with Gasteiger partial charge in [0.05, 0.1) is 0 Å². The van der Waals surface area contributed by atoms with E-state index in [9.17, 15) is 31.9 Å². The van der Waals surface area contributed by atoms with Crippen molar-refractivity contribution in [3.63, 3.8) is 0 Å². The fraction of sp³-hybridized carbons (Fsp3) is 0.200. The van der Waals surface area contributed by atoms with Crippen LogP contribution in [0.3, 0.4) is 0 Å². The van der Waals surface area contributed by atoms with Crippen LogP contribution in [0.2, 0.25) is 0 Å². The molecule has 2 N–H and O–H groups in total. The van der Waals surface area contributed by atoms with Crippen molar-refractivity contribution in [1.82, 2.24) is 4.90 Å². The van der Waals surface area contributed by atoms with Crippen molar-refractivity contribution in [3.8, 4) is 11.1 Å². The lowest BCUT2D eigenvalue weighted by Crippen LogP contribution is -2.44. The Hall–Kier alpha value is -3.79. The van der Waals surface area contributed by atoms with E-state index in [-0.39, 0.29) is 24.1 Å². The maximum absolute atomic E-state index is 13.9. The van der Waals surface area contributed by atoms with E-state index in [1.807, 2.05) is 0 Å². The number of anilines is 1. The average Bonchev–Trinajstić information content (AvgIpc) is 3.08. The number of aliphatic carboxylic acids is 1. The molecule has 4 rings (SSSR count). The fourth-order valence-corrected chi connectivity index (χ4v) is 5.28. The summed E-state index contributed by atoms with van der Waals surface area (Å²) < 4.78 is 54.2. The summed E-state index contributed by atoms with van der Waals surface area (Å²) in [7, 11) is -4.26. The van der Waals surface area contributed by atoms with Gasteiger partial charge in [0, 0.05) is 23.9 Å². The summed E-state index contributed by atoms with van der Waals surface area (Å²) in [4.78, 5) is 25.2. The largest absolute Gasteiger partial charge is 0.480 e. The number of nitrogens with zero attached hydrogens (tertiary/aromatic N) is 1. The zero-order chi connectivity index (χ0) is 25.5. The molecule has 1 atom stereocenters. The van der Waals surface area contributed by atoms with Crippen LogP contribution in [0.15, 0.2) is 65.6 Å². The molecule has 1 amide bonds. The SMILES string of the molecule is CC(C)C(C(=O)O)N1Cc2cc(-c3ccc(NS(=O)(=O)c4ccc(F)cc4F)cc3)ccc2C1=O. The molecule has 0 saturated heterocycles. The van der Waals surface area contributed by atoms with Gasteiger partial charge in [0.25, 0.3) is 15.9 Å². The lowest BCUT2D eigenvalue weighted by Gasteiger charge is -2.27. The van der Waals surface area contributed by atoms with E-state index < -0.39 is 38.6 Å². The van der Waals surface area contributed by atoms with Crippen LogP contribution in [-0.2, 0) is 21.4 Å². The van der Waals surface area contributed by atoms with E-state index in [2.05, 4.69) is 4.72 Å². The molecule has 0 aromatic heterocycles. The first-order valence-electron chi connectivity index (χ1n) is 10.7. The van der Waals surface area contributed by atoms with Gasteiger partial charge in [0.1, 0.15) is 22.6 Å². The Kier molecular flexibility index (Phi) is 6.33. The molecule has 3 aromatic rings. The number of amides is 1. The number of rotatable bonds is 7. The van der Waals surface area contributed by atoms with Crippen LogP contribution < -0.4 is 4.72 Å². The number of carboxylic acids is 1. The first kappa shape index (κ1) is 24.3. The monoisotopic (exact) mass is 500 g/mol. The number of halogens is 2. The van der Waals surface area contributed by atoms with Crippen molar-refractivity contribution in [1.29, 1.82) is 0 Å². The summed E-state index contributed by atoms with van der Waals surface area (Å²) in [5, 5.41) is 9.56. The third kappa shape index (κ3) is 4.74. The molecule has 35 heavy (non-hydrogen) atoms. The van der Waals surface area contributed by atoms with Gasteiger partial charge in [0.2, 0.25) is 0 Å². The van der Waals surface area contributed by atoms with Crippen molar-refractivity contribution >= 4 is 27.6 Å². The summed E-state index contributed by atoms with van der Waals surface area (Å²) in [6, 6.07) is 12.8. The number of sulfonamides is 1. The number of hydrogen-bond donors (Lipinski definition) is 2. The zero-order valence-corrected chi connectivity index (χ0v) is 19.6. The van der Waals surface area contributed by atoms with Gasteiger partial charge in [-0.15, -0.1) is 0 Å². The minimum absolute atomic E-state index is 0.179. The maximum atomic E-state index is 13.9. The molecule has 7 nitrogen and oxygen atoms in total. The smallest absolute Gasteiger partial charge is 0.326 e. The van der Waals surface area contributed by atoms with E-state index in [0.29, 0.717) is 17.2 Å². The molecule has 1 heterocycles. The fourth-order valence-electron chi connectivity index (χ4n) is 4.16. The van der Waals surface area contributed by atoms with Gasteiger partial charge < -0.3 is 10.0 Å². The van der Waals surface area contributed by atoms with Crippen LogP contribution in [0.25, 0.3) is 11.1 Å². The zero-order valence-electron chi connectivity index (χ0n) is 18.8. The lowest BCUT2D eigenvalue weighted by molar-refractivity contribution is -0.144. The maximum Gasteiger partial charge on any atom is 0.326 e. The molecule has 3 aromatic carbocycles. The van der Waals surface area contributed by atoms with Gasteiger partial charge in [-0.3, -0.25) is 9.52 Å². The second-order valence-electron chi connectivity index (χ2n) is 8.59. The molecule has 0 aliphatic carbocycles. The van der Waals surface area contributed by atoms with Crippen molar-refractivity contribution in [2.24, 2.45) is 5.92 Å². The average molecular weight is 501 g/mol. The van der Waals surface area contributed by atoms with Crippen molar-refractivity contribution < 1.29 is 31.9 Å². The molecule has 0 saturated carbocycles. The molecular formula is C25H22F2N2O5S. The summed E-state index contributed by atoms with van der Waals surface area (Å²) >= 11 is 0. The second-order valence-corrected chi connectivity index (χ2v) is 10.2. The number of carboxylic acid groups (broad SMARTS) is 1. The van der Waals surface area contributed by atoms with Crippen LogP contribution in [0.4, 0.5) is 14.5 Å². The highest BCUT2D eigenvalue weighted by Crippen LogP contribution is 2.32. The van der Waals surface area contributed by atoms with E-state index >= 15 is 0 Å². The van der Waals surface area contributed by atoms with Gasteiger partial charge in [-0.1, -0.05) is 32.0 Å². The number of fused-ring (bicyclic) bond motifs is 1. The lowest BCUT2D eigenvalue weighted by atomic mass is 10.0. The van der Waals surface area contributed by atoms with Gasteiger partial charge in [0.15, 0.2) is 0 Å². The van der Waals surface area contributed by atoms with Crippen LogP contribution in [-0.4, -0.2) is 36.3 Å². The Labute approximate surface area is 201 Å². The molecular weight excluding hydrogens is 478 g/mol. The Morgan fingerprint density at radius 1 is 1.00 bits per heavy atom. The highest BCUT2D eigenvalue weighted by Gasteiger charge is 2.38. The van der Waals surface area contributed by atoms with Crippen LogP contribution in [0, 0.1) is 17.6 Å². The van der Waals surface area contributed by atoms with Gasteiger partial charge >= 0.3 is 5.97 Å². The van der Waals surface area contributed by atoms with Gasteiger partial charge in [-0.2, -0.15) is 0 Å². The summed E-state index contributed by atoms with van der Waals surface area (Å²) in [5.74, 6) is -3.72. The van der Waals surface area contributed by atoms with E-state index in [1.54, 1.807) is 44.2 Å². The highest BCUT2D eigenvalue weighted by molar-refractivity contribution is 7.92. The molecule has 0 spiro atoms. The summed E-state index contributed by atoms with van der Waals surface area (Å²) in [6.45, 7) is 3.68. The predicted molar refractivity (Wildman–Crippen MR) is 125 cm³/mol. The Morgan fingerprint density at radius 3 is 2.26 bits per heavy atom. The number of nitrogens with one attached hydrogen (secondary N) is 1. The molecule has 182 valence electrons. The van der Waals surface area contributed by atoms with E-state index in [1.165, 1.54) is 17.0 Å². The number of benzene rings is 3. The molecule has 10 heteroatoms. The molecule has 1 aliphatic rings. The molecule has 0 fully saturated rings. The van der Waals surface area contributed by atoms with E-state index in [4.69, 9.17) is 0 Å². The summed E-state index contributed by atoms with van der Waals surface area (Å²) in [6.07, 6.45) is 0. The standard InChI is InChI=1S/C25H22F2N2O5S/c1-14(2)23(25(31)32)29-13-17-11-16(5-9-20(17)24(29)30)15-3-7-19(8-4-15)28-35(33,34)22-10-6-18(26)12-21(22)27/h3-12,14,23,28H,13H2,1-2H3,(H,31,32). The Morgan fingerprint density at radius 2 is 1.66 bits per heavy atom. The molecule has 1 unspecified atom stereocenters. The molecule has 1 aliphatic heterocycles. The topological polar surface area (TPSA) is 104 Å². The first-order valence-corrected chi connectivity index (χ1v) is 12.2. The minimum atomic E-state index is -4.26. The van der Waals surface area contributed by atoms with Crippen molar-refractivity contribution in [3.05, 3.63) is 83.4 Å². The Bertz CT molecular complexity index is 1420.